The van der Waals surface area contributed by atoms with Crippen molar-refractivity contribution in [3.8, 4) is 5.75 Å². The number of carbonyl (C=O) groups is 1. The highest BCUT2D eigenvalue weighted by Gasteiger charge is 2.23. The molecule has 1 amide bonds. The molecule has 0 aromatic heterocycles. The molecular weight excluding hydrogens is 283 g/mol. The summed E-state index contributed by atoms with van der Waals surface area (Å²) in [6.45, 7) is 1.79. The first-order chi connectivity index (χ1) is 8.92. The van der Waals surface area contributed by atoms with Crippen molar-refractivity contribution in [3.63, 3.8) is 0 Å². The number of alkyl halides is 1. The zero-order valence-electron chi connectivity index (χ0n) is 10.1. The number of halogens is 4. The third-order valence-electron chi connectivity index (χ3n) is 2.66. The van der Waals surface area contributed by atoms with Gasteiger partial charge in [0.1, 0.15) is 0 Å². The summed E-state index contributed by atoms with van der Waals surface area (Å²) >= 11 is 5.53. The van der Waals surface area contributed by atoms with Gasteiger partial charge in [0.25, 0.3) is 5.91 Å². The zero-order chi connectivity index (χ0) is 14.6. The van der Waals surface area contributed by atoms with Crippen LogP contribution >= 0.6 is 11.6 Å². The molecule has 3 nitrogen and oxygen atoms in total. The van der Waals surface area contributed by atoms with E-state index in [1.165, 1.54) is 0 Å². The summed E-state index contributed by atoms with van der Waals surface area (Å²) in [5, 5.41) is 11.5. The number of rotatable bonds is 5. The molecule has 0 saturated heterocycles. The fourth-order valence-electron chi connectivity index (χ4n) is 1.53. The number of phenolic OH excluding ortho intramolecular Hbond substituents is 1. The number of amides is 1. The smallest absolute Gasteiger partial charge is 0.254 e. The van der Waals surface area contributed by atoms with E-state index < -0.39 is 34.7 Å². The maximum atomic E-state index is 13.5. The summed E-state index contributed by atoms with van der Waals surface area (Å²) in [6, 6.07) is 0.104. The van der Waals surface area contributed by atoms with Gasteiger partial charge in [0.15, 0.2) is 17.4 Å². The molecule has 0 aliphatic carbocycles. The largest absolute Gasteiger partial charge is 0.503 e. The van der Waals surface area contributed by atoms with Crippen LogP contribution in [0.3, 0.4) is 0 Å². The van der Waals surface area contributed by atoms with Gasteiger partial charge in [-0.3, -0.25) is 4.79 Å². The predicted molar refractivity (Wildman–Crippen MR) is 64.9 cm³/mol. The van der Waals surface area contributed by atoms with Crippen molar-refractivity contribution in [3.05, 3.63) is 29.1 Å². The maximum absolute atomic E-state index is 13.5. The van der Waals surface area contributed by atoms with Gasteiger partial charge in [0, 0.05) is 11.9 Å². The summed E-state index contributed by atoms with van der Waals surface area (Å²) in [7, 11) is 0. The lowest BCUT2D eigenvalue weighted by molar-refractivity contribution is 0.0929. The first kappa shape index (κ1) is 15.6. The SMILES string of the molecule is CCC(CCCl)NC(=O)c1cc(F)c(F)c(O)c1F. The minimum Gasteiger partial charge on any atom is -0.503 e. The van der Waals surface area contributed by atoms with E-state index >= 15 is 0 Å². The fraction of sp³-hybridized carbons (Fsp3) is 0.417. The van der Waals surface area contributed by atoms with Crippen molar-refractivity contribution in [1.82, 2.24) is 5.32 Å². The zero-order valence-corrected chi connectivity index (χ0v) is 10.9. The van der Waals surface area contributed by atoms with Crippen LogP contribution in [0.4, 0.5) is 13.2 Å². The van der Waals surface area contributed by atoms with Gasteiger partial charge in [-0.05, 0) is 18.9 Å². The molecule has 1 unspecified atom stereocenters. The Morgan fingerprint density at radius 2 is 2.05 bits per heavy atom. The summed E-state index contributed by atoms with van der Waals surface area (Å²) in [6.07, 6.45) is 1.01. The molecule has 106 valence electrons. The second-order valence-electron chi connectivity index (χ2n) is 3.94. The van der Waals surface area contributed by atoms with Crippen molar-refractivity contribution in [2.45, 2.75) is 25.8 Å². The predicted octanol–water partition coefficient (Wildman–Crippen LogP) is 2.95. The average Bonchev–Trinajstić information content (AvgIpc) is 2.39. The van der Waals surface area contributed by atoms with Crippen molar-refractivity contribution in [2.24, 2.45) is 0 Å². The molecule has 0 saturated carbocycles. The second kappa shape index (κ2) is 6.65. The number of aromatic hydroxyl groups is 1. The monoisotopic (exact) mass is 295 g/mol. The standard InChI is InChI=1S/C12H13ClF3NO2/c1-2-6(3-4-13)17-12(19)7-5-8(14)10(16)11(18)9(7)15/h5-6,18H,2-4H2,1H3,(H,17,19). The highest BCUT2D eigenvalue weighted by Crippen LogP contribution is 2.25. The molecule has 0 spiro atoms. The van der Waals surface area contributed by atoms with Crippen LogP contribution in [0, 0.1) is 17.5 Å². The van der Waals surface area contributed by atoms with Gasteiger partial charge in [-0.25, -0.2) is 8.78 Å². The van der Waals surface area contributed by atoms with E-state index in [1.54, 1.807) is 6.92 Å². The molecule has 7 heteroatoms. The number of benzene rings is 1. The van der Waals surface area contributed by atoms with E-state index in [-0.39, 0.29) is 6.04 Å². The van der Waals surface area contributed by atoms with Crippen molar-refractivity contribution < 1.29 is 23.1 Å². The molecule has 1 aromatic carbocycles. The van der Waals surface area contributed by atoms with E-state index in [2.05, 4.69) is 5.32 Å². The Morgan fingerprint density at radius 1 is 1.42 bits per heavy atom. The highest BCUT2D eigenvalue weighted by molar-refractivity contribution is 6.17. The molecule has 19 heavy (non-hydrogen) atoms. The average molecular weight is 296 g/mol. The topological polar surface area (TPSA) is 49.3 Å². The van der Waals surface area contributed by atoms with Gasteiger partial charge in [0.05, 0.1) is 5.56 Å². The van der Waals surface area contributed by atoms with Crippen LogP contribution in [0.25, 0.3) is 0 Å². The lowest BCUT2D eigenvalue weighted by Crippen LogP contribution is -2.35. The van der Waals surface area contributed by atoms with Gasteiger partial charge in [0.2, 0.25) is 5.82 Å². The van der Waals surface area contributed by atoms with Crippen LogP contribution in [0.15, 0.2) is 6.07 Å². The summed E-state index contributed by atoms with van der Waals surface area (Å²) in [5.41, 5.74) is -0.746. The van der Waals surface area contributed by atoms with Crippen LogP contribution in [0.2, 0.25) is 0 Å². The number of phenols is 1. The Hall–Kier alpha value is -1.43. The molecule has 0 aliphatic rings. The Morgan fingerprint density at radius 3 is 2.58 bits per heavy atom. The van der Waals surface area contributed by atoms with Gasteiger partial charge < -0.3 is 10.4 Å². The second-order valence-corrected chi connectivity index (χ2v) is 4.32. The van der Waals surface area contributed by atoms with Crippen molar-refractivity contribution >= 4 is 17.5 Å². The maximum Gasteiger partial charge on any atom is 0.254 e. The number of carbonyl (C=O) groups excluding carboxylic acids is 1. The van der Waals surface area contributed by atoms with Crippen LogP contribution in [0.1, 0.15) is 30.1 Å². The highest BCUT2D eigenvalue weighted by atomic mass is 35.5. The Labute approximate surface area is 113 Å². The minimum absolute atomic E-state index is 0.296. The third kappa shape index (κ3) is 3.53. The van der Waals surface area contributed by atoms with Crippen LogP contribution in [-0.4, -0.2) is 22.9 Å². The fourth-order valence-corrected chi connectivity index (χ4v) is 1.79. The van der Waals surface area contributed by atoms with Crippen molar-refractivity contribution in [1.29, 1.82) is 0 Å². The molecule has 0 radical (unpaired) electrons. The third-order valence-corrected chi connectivity index (χ3v) is 2.88. The summed E-state index contributed by atoms with van der Waals surface area (Å²) in [5.74, 6) is -6.84. The molecule has 0 bridgehead atoms. The van der Waals surface area contributed by atoms with E-state index in [9.17, 15) is 18.0 Å². The summed E-state index contributed by atoms with van der Waals surface area (Å²) < 4.78 is 39.4. The van der Waals surface area contributed by atoms with Crippen LogP contribution < -0.4 is 5.32 Å². The van der Waals surface area contributed by atoms with Gasteiger partial charge >= 0.3 is 0 Å². The molecule has 0 fully saturated rings. The Balaban J connectivity index is 3.00. The molecule has 1 aromatic rings. The van der Waals surface area contributed by atoms with Crippen LogP contribution in [0.5, 0.6) is 5.75 Å². The molecule has 1 atom stereocenters. The first-order valence-electron chi connectivity index (χ1n) is 5.65. The molecule has 0 heterocycles. The van der Waals surface area contributed by atoms with Gasteiger partial charge in [-0.2, -0.15) is 4.39 Å². The van der Waals surface area contributed by atoms with Crippen LogP contribution in [-0.2, 0) is 0 Å². The van der Waals surface area contributed by atoms with Gasteiger partial charge in [-0.1, -0.05) is 6.92 Å². The normalized spacial score (nSPS) is 12.3. The van der Waals surface area contributed by atoms with E-state index in [1.807, 2.05) is 0 Å². The van der Waals surface area contributed by atoms with Gasteiger partial charge in [-0.15, -0.1) is 11.6 Å². The number of nitrogens with one attached hydrogen (secondary N) is 1. The Kier molecular flexibility index (Phi) is 5.47. The number of hydrogen-bond acceptors (Lipinski definition) is 2. The molecule has 2 N–H and O–H groups in total. The Bertz CT molecular complexity index is 483. The minimum atomic E-state index is -1.72. The lowest BCUT2D eigenvalue weighted by atomic mass is 10.1. The lowest BCUT2D eigenvalue weighted by Gasteiger charge is -2.16. The molecule has 1 rings (SSSR count). The van der Waals surface area contributed by atoms with E-state index in [4.69, 9.17) is 16.7 Å². The quantitative estimate of drug-likeness (QED) is 0.648. The number of hydrogen-bond donors (Lipinski definition) is 2. The molecule has 0 aliphatic heterocycles. The first-order valence-corrected chi connectivity index (χ1v) is 6.19. The van der Waals surface area contributed by atoms with E-state index in [0.717, 1.165) is 0 Å². The summed E-state index contributed by atoms with van der Waals surface area (Å²) in [4.78, 5) is 11.7. The van der Waals surface area contributed by atoms with E-state index in [0.29, 0.717) is 24.8 Å². The molecular formula is C12H13ClF3NO2. The van der Waals surface area contributed by atoms with Crippen molar-refractivity contribution in [2.75, 3.05) is 5.88 Å².